The normalized spacial score (nSPS) is 46.7. The van der Waals surface area contributed by atoms with Crippen LogP contribution in [-0.4, -0.2) is 0 Å². The Balaban J connectivity index is 1.62. The van der Waals surface area contributed by atoms with E-state index >= 15 is 0 Å². The molecule has 18 heavy (non-hydrogen) atoms. The molecule has 0 radical (unpaired) electrons. The third kappa shape index (κ3) is 1.45. The van der Waals surface area contributed by atoms with Gasteiger partial charge in [-0.2, -0.15) is 0 Å². The maximum atomic E-state index is 2.46. The molecule has 0 heterocycles. The van der Waals surface area contributed by atoms with Crippen LogP contribution >= 0.6 is 0 Å². The fourth-order valence-electron chi connectivity index (χ4n) is 3.98. The van der Waals surface area contributed by atoms with E-state index in [1.54, 1.807) is 0 Å². The summed E-state index contributed by atoms with van der Waals surface area (Å²) in [5.41, 5.74) is 0. The van der Waals surface area contributed by atoms with Crippen LogP contribution in [0.5, 0.6) is 0 Å². The molecule has 0 nitrogen and oxygen atoms in total. The first-order chi connectivity index (χ1) is 8.93. The van der Waals surface area contributed by atoms with Gasteiger partial charge in [0.05, 0.1) is 0 Å². The number of hydrogen-bond acceptors (Lipinski definition) is 0. The van der Waals surface area contributed by atoms with E-state index in [1.807, 2.05) is 0 Å². The topological polar surface area (TPSA) is 0 Å². The highest BCUT2D eigenvalue weighted by Gasteiger charge is 2.40. The Hall–Kier alpha value is -1.56. The minimum Gasteiger partial charge on any atom is -0.0836 e. The summed E-state index contributed by atoms with van der Waals surface area (Å²) in [6.07, 6.45) is 28.0. The average molecular weight is 234 g/mol. The highest BCUT2D eigenvalue weighted by atomic mass is 14.4. The molecule has 0 aromatic rings. The summed E-state index contributed by atoms with van der Waals surface area (Å²) in [7, 11) is 0. The van der Waals surface area contributed by atoms with Gasteiger partial charge in [0.15, 0.2) is 0 Å². The van der Waals surface area contributed by atoms with Crippen molar-refractivity contribution in [3.05, 3.63) is 72.9 Å². The third-order valence-corrected chi connectivity index (χ3v) is 4.89. The van der Waals surface area contributed by atoms with E-state index < -0.39 is 0 Å². The van der Waals surface area contributed by atoms with E-state index in [4.69, 9.17) is 0 Å². The molecule has 0 N–H and O–H groups in total. The smallest absolute Gasteiger partial charge is 0.00186 e. The summed E-state index contributed by atoms with van der Waals surface area (Å²) in [5.74, 6) is 3.99. The van der Waals surface area contributed by atoms with Crippen LogP contribution in [-0.2, 0) is 0 Å². The lowest BCUT2D eigenvalue weighted by Gasteiger charge is -2.31. The molecule has 0 aromatic heterocycles. The maximum Gasteiger partial charge on any atom is 0.00186 e. The van der Waals surface area contributed by atoms with Gasteiger partial charge < -0.3 is 0 Å². The van der Waals surface area contributed by atoms with Crippen LogP contribution in [0.1, 0.15) is 0 Å². The summed E-state index contributed by atoms with van der Waals surface area (Å²) < 4.78 is 0. The molecular weight excluding hydrogens is 216 g/mol. The lowest BCUT2D eigenvalue weighted by atomic mass is 9.72. The third-order valence-electron chi connectivity index (χ3n) is 4.89. The molecule has 90 valence electrons. The molecule has 0 unspecified atom stereocenters. The van der Waals surface area contributed by atoms with E-state index in [0.717, 1.165) is 0 Å². The van der Waals surface area contributed by atoms with Crippen LogP contribution in [0, 0.1) is 35.5 Å². The van der Waals surface area contributed by atoms with Gasteiger partial charge in [0.1, 0.15) is 0 Å². The standard InChI is InChI=1S/C18H18/c1-3-7-15-13(5-1)9-11-17(15)18-12-10-14-6-2-4-8-16(14)18/h1-18H. The highest BCUT2D eigenvalue weighted by molar-refractivity contribution is 5.31. The maximum absolute atomic E-state index is 2.46. The first-order valence-electron chi connectivity index (χ1n) is 7.00. The van der Waals surface area contributed by atoms with Crippen LogP contribution in [0.15, 0.2) is 72.9 Å². The van der Waals surface area contributed by atoms with E-state index in [9.17, 15) is 0 Å². The second-order valence-electron chi connectivity index (χ2n) is 5.77. The first-order valence-corrected chi connectivity index (χ1v) is 7.00. The predicted octanol–water partition coefficient (Wildman–Crippen LogP) is 4.08. The molecule has 0 bridgehead atoms. The van der Waals surface area contributed by atoms with Gasteiger partial charge in [0, 0.05) is 11.8 Å². The van der Waals surface area contributed by atoms with Crippen molar-refractivity contribution in [3.8, 4) is 0 Å². The van der Waals surface area contributed by atoms with E-state index in [-0.39, 0.29) is 0 Å². The van der Waals surface area contributed by atoms with Gasteiger partial charge in [0.25, 0.3) is 0 Å². The van der Waals surface area contributed by atoms with Crippen LogP contribution in [0.3, 0.4) is 0 Å². The van der Waals surface area contributed by atoms with Gasteiger partial charge in [-0.25, -0.2) is 0 Å². The van der Waals surface area contributed by atoms with Crippen molar-refractivity contribution in [3.63, 3.8) is 0 Å². The zero-order valence-electron chi connectivity index (χ0n) is 10.4. The number of rotatable bonds is 1. The zero-order chi connectivity index (χ0) is 11.9. The minimum atomic E-state index is 0.635. The Morgan fingerprint density at radius 1 is 0.333 bits per heavy atom. The van der Waals surface area contributed by atoms with Crippen LogP contribution in [0.2, 0.25) is 0 Å². The second kappa shape index (κ2) is 3.98. The highest BCUT2D eigenvalue weighted by Crippen LogP contribution is 2.47. The lowest BCUT2D eigenvalue weighted by Crippen LogP contribution is -2.26. The molecule has 0 heteroatoms. The Morgan fingerprint density at radius 2 is 0.778 bits per heavy atom. The van der Waals surface area contributed by atoms with E-state index in [2.05, 4.69) is 72.9 Å². The fourth-order valence-corrected chi connectivity index (χ4v) is 3.98. The molecule has 4 aliphatic carbocycles. The number of hydrogen-bond donors (Lipinski definition) is 0. The Kier molecular flexibility index (Phi) is 2.29. The zero-order valence-corrected chi connectivity index (χ0v) is 10.4. The molecule has 4 rings (SSSR count). The molecule has 0 aliphatic heterocycles. The van der Waals surface area contributed by atoms with Gasteiger partial charge in [0.2, 0.25) is 0 Å². The molecule has 0 saturated carbocycles. The number of allylic oxidation sites excluding steroid dienone is 12. The Morgan fingerprint density at radius 3 is 1.28 bits per heavy atom. The SMILES string of the molecule is C1=CC2C=CC(C3C=CC4C=CC=CC43)C2C=C1. The van der Waals surface area contributed by atoms with E-state index in [1.165, 1.54) is 0 Å². The van der Waals surface area contributed by atoms with E-state index in [0.29, 0.717) is 35.5 Å². The molecule has 0 amide bonds. The van der Waals surface area contributed by atoms with Crippen molar-refractivity contribution in [1.82, 2.24) is 0 Å². The van der Waals surface area contributed by atoms with Crippen molar-refractivity contribution < 1.29 is 0 Å². The van der Waals surface area contributed by atoms with Crippen LogP contribution in [0.4, 0.5) is 0 Å². The average Bonchev–Trinajstić information content (AvgIpc) is 3.01. The van der Waals surface area contributed by atoms with Crippen molar-refractivity contribution in [2.24, 2.45) is 35.5 Å². The van der Waals surface area contributed by atoms with Crippen molar-refractivity contribution in [1.29, 1.82) is 0 Å². The van der Waals surface area contributed by atoms with Gasteiger partial charge in [-0.1, -0.05) is 72.9 Å². The monoisotopic (exact) mass is 234 g/mol. The molecule has 0 spiro atoms. The van der Waals surface area contributed by atoms with Gasteiger partial charge in [-0.15, -0.1) is 0 Å². The molecule has 0 fully saturated rings. The molecule has 0 aromatic carbocycles. The van der Waals surface area contributed by atoms with Gasteiger partial charge >= 0.3 is 0 Å². The minimum absolute atomic E-state index is 0.635. The van der Waals surface area contributed by atoms with Crippen LogP contribution in [0.25, 0.3) is 0 Å². The second-order valence-corrected chi connectivity index (χ2v) is 5.77. The quantitative estimate of drug-likeness (QED) is 0.600. The molecule has 0 atom stereocenters. The van der Waals surface area contributed by atoms with Gasteiger partial charge in [-0.3, -0.25) is 0 Å². The van der Waals surface area contributed by atoms with Crippen molar-refractivity contribution >= 4 is 0 Å². The molecule has 0 saturated heterocycles. The Labute approximate surface area is 109 Å². The predicted molar refractivity (Wildman–Crippen MR) is 75.8 cm³/mol. The number of fused-ring (bicyclic) bond motifs is 2. The van der Waals surface area contributed by atoms with Gasteiger partial charge in [-0.05, 0) is 23.7 Å². The summed E-state index contributed by atoms with van der Waals surface area (Å²) >= 11 is 0. The first kappa shape index (κ1) is 10.4. The fraction of sp³-hybridized carbons (Fsp3) is 0.333. The van der Waals surface area contributed by atoms with Crippen molar-refractivity contribution in [2.75, 3.05) is 0 Å². The summed E-state index contributed by atoms with van der Waals surface area (Å²) in [5, 5.41) is 0. The van der Waals surface area contributed by atoms with Crippen molar-refractivity contribution in [2.45, 2.75) is 0 Å². The molecule has 4 aliphatic rings. The lowest BCUT2D eigenvalue weighted by molar-refractivity contribution is 0.299. The van der Waals surface area contributed by atoms with Crippen LogP contribution < -0.4 is 0 Å². The summed E-state index contributed by atoms with van der Waals surface area (Å²) in [6, 6.07) is 0. The largest absolute Gasteiger partial charge is 0.0836 e. The Bertz CT molecular complexity index is 464. The summed E-state index contributed by atoms with van der Waals surface area (Å²) in [4.78, 5) is 0. The summed E-state index contributed by atoms with van der Waals surface area (Å²) in [6.45, 7) is 0. The molecular formula is C18H18.